The van der Waals surface area contributed by atoms with E-state index in [-0.39, 0.29) is 132 Å². The van der Waals surface area contributed by atoms with Crippen LogP contribution in [0.3, 0.4) is 0 Å². The summed E-state index contributed by atoms with van der Waals surface area (Å²) in [5.74, 6) is -0.477. The summed E-state index contributed by atoms with van der Waals surface area (Å²) in [7, 11) is 0. The molecule has 0 radical (unpaired) electrons. The monoisotopic (exact) mass is 690 g/mol. The molecule has 0 atom stereocenters. The van der Waals surface area contributed by atoms with Crippen molar-refractivity contribution in [2.24, 2.45) is 11.8 Å². The molecule has 2 saturated heterocycles. The largest absolute Gasteiger partial charge is 1.00 e. The number of carbonyl (C=O) groups excluding carboxylic acids is 2. The molecule has 0 aromatic heterocycles. The second-order valence-electron chi connectivity index (χ2n) is 11.2. The Morgan fingerprint density at radius 2 is 1.10 bits per heavy atom. The van der Waals surface area contributed by atoms with Gasteiger partial charge in [-0.05, 0) is 105 Å². The van der Waals surface area contributed by atoms with Gasteiger partial charge in [-0.25, -0.2) is 0 Å². The maximum absolute atomic E-state index is 12.2. The van der Waals surface area contributed by atoms with Crippen molar-refractivity contribution in [1.82, 2.24) is 10.2 Å². The Labute approximate surface area is 323 Å². The molecule has 0 bridgehead atoms. The number of halogens is 7. The normalized spacial score (nSPS) is 17.7. The number of alkyl halides is 1. The summed E-state index contributed by atoms with van der Waals surface area (Å²) >= 11 is 2.27. The topological polar surface area (TPSA) is 67.9 Å². The van der Waals surface area contributed by atoms with Crippen LogP contribution in [0.4, 0.5) is 25.9 Å². The van der Waals surface area contributed by atoms with Crippen LogP contribution in [-0.2, 0) is 19.1 Å². The molecule has 2 fully saturated rings. The van der Waals surface area contributed by atoms with E-state index in [0.717, 1.165) is 25.9 Å². The van der Waals surface area contributed by atoms with Gasteiger partial charge in [0, 0.05) is 0 Å². The Balaban J connectivity index is -0.000000543. The van der Waals surface area contributed by atoms with E-state index >= 15 is 0 Å². The molecule has 39 heavy (non-hydrogen) atoms. The Hall–Kier alpha value is 2.32. The van der Waals surface area contributed by atoms with Gasteiger partial charge in [0.05, 0.1) is 11.8 Å². The Morgan fingerprint density at radius 3 is 1.38 bits per heavy atom. The zero-order valence-electron chi connectivity index (χ0n) is 24.6. The molecule has 6 nitrogen and oxygen atoms in total. The number of ether oxygens (including phenoxy) is 2. The van der Waals surface area contributed by atoms with Crippen LogP contribution < -0.4 is 108 Å². The number of hydrogen-bond donors (Lipinski definition) is 1. The number of rotatable bonds is 5. The van der Waals surface area contributed by atoms with Gasteiger partial charge in [0.25, 0.3) is 0 Å². The van der Waals surface area contributed by atoms with Crippen molar-refractivity contribution in [3.05, 3.63) is 0 Å². The fourth-order valence-corrected chi connectivity index (χ4v) is 3.47. The first-order chi connectivity index (χ1) is 16.6. The van der Waals surface area contributed by atoms with Gasteiger partial charge in [0.15, 0.2) is 0 Å². The summed E-state index contributed by atoms with van der Waals surface area (Å²) in [6.45, 7) is 4.22. The fraction of sp³-hybridized carbons (Fsp3) is 0.909. The number of hydrogen-bond acceptors (Lipinski definition) is 6. The van der Waals surface area contributed by atoms with E-state index in [2.05, 4.69) is 21.2 Å². The molecule has 2 rings (SSSR count). The zero-order valence-corrected chi connectivity index (χ0v) is 32.4. The summed E-state index contributed by atoms with van der Waals surface area (Å²) in [6, 6.07) is 0. The maximum atomic E-state index is 12.2. The van der Waals surface area contributed by atoms with Crippen molar-refractivity contribution >= 4 is 41.8 Å². The van der Waals surface area contributed by atoms with E-state index in [1.807, 2.05) is 20.8 Å². The molecule has 0 spiro atoms. The molecule has 2 aliphatic rings. The summed E-state index contributed by atoms with van der Waals surface area (Å²) in [5, 5.41) is 2.37. The van der Waals surface area contributed by atoms with Gasteiger partial charge in [0.2, 0.25) is 0 Å². The van der Waals surface area contributed by atoms with E-state index < -0.39 is 31.2 Å². The summed E-state index contributed by atoms with van der Waals surface area (Å²) < 4.78 is 79.7. The molecule has 2 heterocycles. The molecule has 0 aromatic rings. The molecule has 220 valence electrons. The van der Waals surface area contributed by atoms with Gasteiger partial charge in [-0.1, -0.05) is 0 Å². The third kappa shape index (κ3) is 27.6. The summed E-state index contributed by atoms with van der Waals surface area (Å²) in [4.78, 5) is 24.7. The van der Waals surface area contributed by atoms with E-state index in [1.165, 1.54) is 4.90 Å². The Morgan fingerprint density at radius 1 is 0.769 bits per heavy atom. The second-order valence-corrected chi connectivity index (χ2v) is 11.9. The number of nitrogens with one attached hydrogen (secondary N) is 1. The quantitative estimate of drug-likeness (QED) is 0.182. The van der Waals surface area contributed by atoms with E-state index in [0.29, 0.717) is 25.9 Å². The Kier molecular flexibility index (Phi) is 24.8. The summed E-state index contributed by atoms with van der Waals surface area (Å²) in [6.07, 6.45) is 1.88. The smallest absolute Gasteiger partial charge is 0.460 e. The van der Waals surface area contributed by atoms with Crippen molar-refractivity contribution in [2.75, 3.05) is 37.9 Å². The molecule has 17 heteroatoms. The van der Waals surface area contributed by atoms with Crippen molar-refractivity contribution in [2.45, 2.75) is 78.4 Å². The second kappa shape index (κ2) is 21.1. The van der Waals surface area contributed by atoms with Crippen LogP contribution in [0.5, 0.6) is 0 Å². The van der Waals surface area contributed by atoms with Crippen LogP contribution in [0.2, 0.25) is 0 Å². The molecular formula is C22H41B2BrF6K2N2O4. The maximum Gasteiger partial charge on any atom is 1.00 e. The van der Waals surface area contributed by atoms with Crippen LogP contribution in [0, 0.1) is 11.8 Å². The van der Waals surface area contributed by atoms with Crippen molar-refractivity contribution in [3.8, 4) is 0 Å². The minimum atomic E-state index is -4.78. The van der Waals surface area contributed by atoms with Gasteiger partial charge in [0.1, 0.15) is 11.2 Å². The molecule has 0 unspecified atom stereocenters. The molecule has 2 aliphatic heterocycles. The van der Waals surface area contributed by atoms with Crippen LogP contribution >= 0.6 is 15.9 Å². The SMILES string of the molecule is CC(C)(C)OC(=O)C1CCN(C[B-](F)(F)F)CC1.CC(C)(C)OC(=O)C1CCNCC1.F[B-](F)(F)CBr.[K+].[K+]. The number of likely N-dealkylation sites (tertiary alicyclic amines) is 1. The first-order valence-corrected chi connectivity index (χ1v) is 13.6. The number of esters is 2. The van der Waals surface area contributed by atoms with E-state index in [9.17, 15) is 35.5 Å². The third-order valence-corrected chi connectivity index (χ3v) is 5.78. The molecule has 0 aliphatic carbocycles. The molecule has 0 amide bonds. The Bertz CT molecular complexity index is 698. The summed E-state index contributed by atoms with van der Waals surface area (Å²) in [5.41, 5.74) is -0.884. The van der Waals surface area contributed by atoms with Gasteiger partial charge in [-0.15, -0.1) is 15.9 Å². The average Bonchev–Trinajstić information content (AvgIpc) is 2.72. The predicted molar refractivity (Wildman–Crippen MR) is 138 cm³/mol. The van der Waals surface area contributed by atoms with E-state index in [4.69, 9.17) is 9.47 Å². The van der Waals surface area contributed by atoms with Gasteiger partial charge in [-0.3, -0.25) is 9.59 Å². The molecule has 1 N–H and O–H groups in total. The van der Waals surface area contributed by atoms with Gasteiger partial charge >= 0.3 is 129 Å². The van der Waals surface area contributed by atoms with Crippen molar-refractivity contribution in [1.29, 1.82) is 0 Å². The number of carbonyl (C=O) groups is 2. The van der Waals surface area contributed by atoms with Crippen LogP contribution in [0.15, 0.2) is 0 Å². The minimum Gasteiger partial charge on any atom is -0.460 e. The fourth-order valence-electron chi connectivity index (χ4n) is 3.47. The minimum absolute atomic E-state index is 0. The number of nitrogens with zero attached hydrogens (tertiary/aromatic N) is 1. The van der Waals surface area contributed by atoms with Crippen LogP contribution in [0.25, 0.3) is 0 Å². The standard InChI is InChI=1S/C11H20BF3NO2.C10H19NO2.CH2BBrF3.2K/c1-11(2,3)18-10(17)9-4-6-16(7-5-9)8-12(13,14)15;1-10(2,3)13-9(12)8-4-6-11-7-5-8;3-1-2(4,5)6;;/h9H,4-8H2,1-3H3;8,11H,4-7H2,1-3H3;1H2;;/q-1;;-1;2*+1. The number of piperidine rings is 2. The van der Waals surface area contributed by atoms with E-state index in [1.54, 1.807) is 20.8 Å². The van der Waals surface area contributed by atoms with Crippen molar-refractivity contribution < 1.29 is 148 Å². The van der Waals surface area contributed by atoms with Gasteiger partial charge < -0.3 is 45.6 Å². The third-order valence-electron chi connectivity index (χ3n) is 5.05. The zero-order chi connectivity index (χ0) is 29.1. The molecular weight excluding hydrogens is 650 g/mol. The first-order valence-electron chi connectivity index (χ1n) is 12.5. The predicted octanol–water partition coefficient (Wildman–Crippen LogP) is -0.470. The molecule has 0 aromatic carbocycles. The average molecular weight is 691 g/mol. The van der Waals surface area contributed by atoms with Gasteiger partial charge in [-0.2, -0.15) is 0 Å². The molecule has 0 saturated carbocycles. The van der Waals surface area contributed by atoms with Crippen molar-refractivity contribution in [3.63, 3.8) is 0 Å². The first kappa shape index (κ1) is 45.7. The van der Waals surface area contributed by atoms with Crippen LogP contribution in [0.1, 0.15) is 67.2 Å². The van der Waals surface area contributed by atoms with Crippen LogP contribution in [-0.4, -0.2) is 79.8 Å².